The van der Waals surface area contributed by atoms with E-state index in [1.54, 1.807) is 13.8 Å². The number of carbonyl (C=O) groups excluding carboxylic acids is 4. The first-order valence-corrected chi connectivity index (χ1v) is 10.7. The number of carbonyl (C=O) groups is 6. The summed E-state index contributed by atoms with van der Waals surface area (Å²) >= 11 is 0. The van der Waals surface area contributed by atoms with Gasteiger partial charge in [0.05, 0.1) is 6.04 Å². The molecule has 1 saturated heterocycles. The van der Waals surface area contributed by atoms with E-state index in [-0.39, 0.29) is 38.6 Å². The van der Waals surface area contributed by atoms with Crippen LogP contribution in [0.1, 0.15) is 52.4 Å². The molecule has 0 aromatic heterocycles. The van der Waals surface area contributed by atoms with Crippen LogP contribution < -0.4 is 22.1 Å². The molecule has 4 unspecified atom stereocenters. The molecule has 0 aromatic carbocycles. The maximum absolute atomic E-state index is 13.0. The summed E-state index contributed by atoms with van der Waals surface area (Å²) < 4.78 is 0. The quantitative estimate of drug-likeness (QED) is 0.177. The largest absolute Gasteiger partial charge is 0.481 e. The minimum atomic E-state index is -1.22. The zero-order valence-corrected chi connectivity index (χ0v) is 18.8. The number of primary amides is 1. The first-order valence-electron chi connectivity index (χ1n) is 10.7. The summed E-state index contributed by atoms with van der Waals surface area (Å²) in [5, 5.41) is 23.1. The van der Waals surface area contributed by atoms with Crippen LogP contribution in [0.15, 0.2) is 0 Å². The van der Waals surface area contributed by atoms with Gasteiger partial charge in [0.2, 0.25) is 23.6 Å². The fourth-order valence-corrected chi connectivity index (χ4v) is 3.50. The Morgan fingerprint density at radius 2 is 1.64 bits per heavy atom. The van der Waals surface area contributed by atoms with Crippen LogP contribution >= 0.6 is 0 Å². The summed E-state index contributed by atoms with van der Waals surface area (Å²) in [6.45, 7) is 3.49. The first-order chi connectivity index (χ1) is 15.3. The van der Waals surface area contributed by atoms with Gasteiger partial charge >= 0.3 is 11.9 Å². The number of nitrogens with two attached hydrogens (primary N) is 2. The van der Waals surface area contributed by atoms with Crippen LogP contribution in [-0.4, -0.2) is 81.4 Å². The summed E-state index contributed by atoms with van der Waals surface area (Å²) in [5.74, 6) is -5.51. The van der Waals surface area contributed by atoms with Crippen molar-refractivity contribution in [3.63, 3.8) is 0 Å². The van der Waals surface area contributed by atoms with E-state index in [0.717, 1.165) is 4.90 Å². The molecule has 8 N–H and O–H groups in total. The Morgan fingerprint density at radius 1 is 1.00 bits per heavy atom. The van der Waals surface area contributed by atoms with Gasteiger partial charge in [-0.15, -0.1) is 0 Å². The van der Waals surface area contributed by atoms with E-state index >= 15 is 0 Å². The lowest BCUT2D eigenvalue weighted by molar-refractivity contribution is -0.149. The third kappa shape index (κ3) is 8.67. The molecule has 33 heavy (non-hydrogen) atoms. The molecule has 1 heterocycles. The predicted molar refractivity (Wildman–Crippen MR) is 114 cm³/mol. The molecule has 1 aliphatic rings. The molecule has 0 saturated carbocycles. The highest BCUT2D eigenvalue weighted by Gasteiger charge is 2.38. The van der Waals surface area contributed by atoms with E-state index in [4.69, 9.17) is 16.6 Å². The molecule has 186 valence electrons. The zero-order valence-electron chi connectivity index (χ0n) is 18.8. The highest BCUT2D eigenvalue weighted by molar-refractivity contribution is 5.94. The van der Waals surface area contributed by atoms with Gasteiger partial charge in [0, 0.05) is 19.4 Å². The van der Waals surface area contributed by atoms with Crippen molar-refractivity contribution in [1.82, 2.24) is 15.5 Å². The molecule has 0 aliphatic carbocycles. The van der Waals surface area contributed by atoms with Crippen LogP contribution in [0.25, 0.3) is 0 Å². The molecule has 0 spiro atoms. The van der Waals surface area contributed by atoms with Crippen molar-refractivity contribution in [3.05, 3.63) is 0 Å². The van der Waals surface area contributed by atoms with Gasteiger partial charge in [-0.3, -0.25) is 24.0 Å². The lowest BCUT2D eigenvalue weighted by Crippen LogP contribution is -2.58. The second-order valence-electron chi connectivity index (χ2n) is 8.36. The molecule has 0 bridgehead atoms. The molecular formula is C20H33N5O8. The number of amides is 4. The van der Waals surface area contributed by atoms with Gasteiger partial charge in [0.1, 0.15) is 18.1 Å². The Balaban J connectivity index is 2.96. The van der Waals surface area contributed by atoms with Gasteiger partial charge in [-0.05, 0) is 31.6 Å². The van der Waals surface area contributed by atoms with Gasteiger partial charge < -0.3 is 37.2 Å². The Bertz CT molecular complexity index is 772. The maximum atomic E-state index is 13.0. The lowest BCUT2D eigenvalue weighted by atomic mass is 10.0. The molecule has 1 aliphatic heterocycles. The molecule has 13 heteroatoms. The standard InChI is InChI=1S/C20H33N5O8/c1-10(2)16(24-17(29)11(21)5-8-15(27)28)18(30)23-12(6-7-14(22)26)19(31)25-9-3-4-13(25)20(32)33/h10-13,16H,3-9,21H2,1-2H3,(H2,22,26)(H,23,30)(H,24,29)(H,27,28)(H,32,33). The number of carboxylic acid groups (broad SMARTS) is 2. The smallest absolute Gasteiger partial charge is 0.326 e. The minimum absolute atomic E-state index is 0.126. The number of nitrogens with one attached hydrogen (secondary N) is 2. The monoisotopic (exact) mass is 471 g/mol. The van der Waals surface area contributed by atoms with E-state index in [2.05, 4.69) is 10.6 Å². The van der Waals surface area contributed by atoms with Gasteiger partial charge in [-0.2, -0.15) is 0 Å². The molecule has 1 rings (SSSR count). The zero-order chi connectivity index (χ0) is 25.3. The molecule has 4 amide bonds. The Hall–Kier alpha value is -3.22. The summed E-state index contributed by atoms with van der Waals surface area (Å²) in [7, 11) is 0. The second kappa shape index (κ2) is 12.7. The van der Waals surface area contributed by atoms with Crippen molar-refractivity contribution < 1.29 is 39.0 Å². The molecule has 0 aromatic rings. The van der Waals surface area contributed by atoms with Crippen LogP contribution in [-0.2, 0) is 28.8 Å². The van der Waals surface area contributed by atoms with Crippen molar-refractivity contribution in [2.45, 2.75) is 76.5 Å². The Kier molecular flexibility index (Phi) is 10.7. The van der Waals surface area contributed by atoms with Crippen LogP contribution in [0.2, 0.25) is 0 Å². The van der Waals surface area contributed by atoms with Crippen molar-refractivity contribution in [2.75, 3.05) is 6.54 Å². The van der Waals surface area contributed by atoms with E-state index in [1.807, 2.05) is 0 Å². The fourth-order valence-electron chi connectivity index (χ4n) is 3.50. The average molecular weight is 472 g/mol. The highest BCUT2D eigenvalue weighted by atomic mass is 16.4. The summed E-state index contributed by atoms with van der Waals surface area (Å²) in [6, 6.07) is -4.50. The number of rotatable bonds is 13. The highest BCUT2D eigenvalue weighted by Crippen LogP contribution is 2.20. The maximum Gasteiger partial charge on any atom is 0.326 e. The third-order valence-corrected chi connectivity index (χ3v) is 5.37. The Labute approximate surface area is 191 Å². The van der Waals surface area contributed by atoms with Gasteiger partial charge in [0.15, 0.2) is 0 Å². The van der Waals surface area contributed by atoms with Gasteiger partial charge in [-0.1, -0.05) is 13.8 Å². The first kappa shape index (κ1) is 27.8. The molecule has 4 atom stereocenters. The van der Waals surface area contributed by atoms with Crippen LogP contribution in [0.4, 0.5) is 0 Å². The number of hydrogen-bond donors (Lipinski definition) is 6. The number of hydrogen-bond acceptors (Lipinski definition) is 7. The van der Waals surface area contributed by atoms with E-state index in [0.29, 0.717) is 6.42 Å². The molecular weight excluding hydrogens is 438 g/mol. The van der Waals surface area contributed by atoms with Crippen LogP contribution in [0.5, 0.6) is 0 Å². The second-order valence-corrected chi connectivity index (χ2v) is 8.36. The minimum Gasteiger partial charge on any atom is -0.481 e. The van der Waals surface area contributed by atoms with E-state index in [9.17, 15) is 33.9 Å². The SMILES string of the molecule is CC(C)C(NC(=O)C(N)CCC(=O)O)C(=O)NC(CCC(N)=O)C(=O)N1CCCC1C(=O)O. The summed E-state index contributed by atoms with van der Waals surface area (Å²) in [4.78, 5) is 72.8. The predicted octanol–water partition coefficient (Wildman–Crippen LogP) is -1.85. The van der Waals surface area contributed by atoms with Crippen molar-refractivity contribution in [2.24, 2.45) is 17.4 Å². The number of aliphatic carboxylic acids is 2. The molecule has 13 nitrogen and oxygen atoms in total. The van der Waals surface area contributed by atoms with Crippen molar-refractivity contribution in [3.8, 4) is 0 Å². The number of carboxylic acids is 2. The van der Waals surface area contributed by atoms with Gasteiger partial charge in [0.25, 0.3) is 0 Å². The third-order valence-electron chi connectivity index (χ3n) is 5.37. The van der Waals surface area contributed by atoms with Crippen molar-refractivity contribution >= 4 is 35.6 Å². The number of nitrogens with zero attached hydrogens (tertiary/aromatic N) is 1. The fraction of sp³-hybridized carbons (Fsp3) is 0.700. The Morgan fingerprint density at radius 3 is 2.15 bits per heavy atom. The van der Waals surface area contributed by atoms with Gasteiger partial charge in [-0.25, -0.2) is 4.79 Å². The van der Waals surface area contributed by atoms with Crippen LogP contribution in [0, 0.1) is 5.92 Å². The van der Waals surface area contributed by atoms with E-state index in [1.165, 1.54) is 0 Å². The van der Waals surface area contributed by atoms with Crippen LogP contribution in [0.3, 0.4) is 0 Å². The normalized spacial score (nSPS) is 18.3. The molecule has 0 radical (unpaired) electrons. The van der Waals surface area contributed by atoms with Crippen molar-refractivity contribution in [1.29, 1.82) is 0 Å². The summed E-state index contributed by atoms with van der Waals surface area (Å²) in [6.07, 6.45) is -0.0501. The summed E-state index contributed by atoms with van der Waals surface area (Å²) in [5.41, 5.74) is 10.9. The number of likely N-dealkylation sites (tertiary alicyclic amines) is 1. The van der Waals surface area contributed by atoms with E-state index < -0.39 is 65.7 Å². The lowest BCUT2D eigenvalue weighted by Gasteiger charge is -2.29. The molecule has 1 fully saturated rings. The topological polar surface area (TPSA) is 222 Å². The average Bonchev–Trinajstić information content (AvgIpc) is 3.22.